The van der Waals surface area contributed by atoms with Crippen LogP contribution in [0.2, 0.25) is 0 Å². The second-order valence-corrected chi connectivity index (χ2v) is 3.98. The predicted molar refractivity (Wildman–Crippen MR) is 59.0 cm³/mol. The van der Waals surface area contributed by atoms with Gasteiger partial charge in [-0.2, -0.15) is 0 Å². The minimum atomic E-state index is 0.197. The van der Waals surface area contributed by atoms with Gasteiger partial charge in [-0.15, -0.1) is 0 Å². The van der Waals surface area contributed by atoms with Crippen LogP contribution in [0.3, 0.4) is 0 Å². The highest BCUT2D eigenvalue weighted by atomic mass is 16.2. The van der Waals surface area contributed by atoms with Crippen molar-refractivity contribution in [2.75, 3.05) is 6.54 Å². The fraction of sp³-hybridized carbons (Fsp3) is 0.417. The second-order valence-electron chi connectivity index (χ2n) is 3.98. The summed E-state index contributed by atoms with van der Waals surface area (Å²) >= 11 is 0. The SMILES string of the molecule is Cc1cccc(CN2NCCCC2=O)c1. The lowest BCUT2D eigenvalue weighted by molar-refractivity contribution is -0.137. The minimum absolute atomic E-state index is 0.197. The van der Waals surface area contributed by atoms with Gasteiger partial charge in [0.2, 0.25) is 5.91 Å². The molecule has 0 aromatic heterocycles. The topological polar surface area (TPSA) is 32.3 Å². The smallest absolute Gasteiger partial charge is 0.237 e. The molecule has 0 atom stereocenters. The van der Waals surface area contributed by atoms with Crippen molar-refractivity contribution in [3.63, 3.8) is 0 Å². The number of carbonyl (C=O) groups is 1. The molecule has 1 aliphatic heterocycles. The van der Waals surface area contributed by atoms with Crippen LogP contribution >= 0.6 is 0 Å². The Morgan fingerprint density at radius 3 is 3.07 bits per heavy atom. The molecule has 1 N–H and O–H groups in total. The van der Waals surface area contributed by atoms with E-state index in [-0.39, 0.29) is 5.91 Å². The molecule has 1 aromatic rings. The lowest BCUT2D eigenvalue weighted by atomic mass is 10.1. The fourth-order valence-electron chi connectivity index (χ4n) is 1.81. The van der Waals surface area contributed by atoms with Crippen molar-refractivity contribution in [1.29, 1.82) is 0 Å². The highest BCUT2D eigenvalue weighted by Crippen LogP contribution is 2.10. The third-order valence-electron chi connectivity index (χ3n) is 2.59. The maximum absolute atomic E-state index is 11.5. The number of hydrazine groups is 1. The normalized spacial score (nSPS) is 16.9. The Morgan fingerprint density at radius 2 is 2.33 bits per heavy atom. The van der Waals surface area contributed by atoms with E-state index in [0.29, 0.717) is 13.0 Å². The van der Waals surface area contributed by atoms with Crippen LogP contribution in [-0.4, -0.2) is 17.5 Å². The lowest BCUT2D eigenvalue weighted by Gasteiger charge is -2.27. The van der Waals surface area contributed by atoms with Crippen LogP contribution in [0.25, 0.3) is 0 Å². The molecule has 1 aliphatic rings. The Bertz CT molecular complexity index is 362. The summed E-state index contributed by atoms with van der Waals surface area (Å²) in [5, 5.41) is 1.72. The van der Waals surface area contributed by atoms with Gasteiger partial charge in [-0.25, -0.2) is 5.43 Å². The Labute approximate surface area is 90.1 Å². The molecular weight excluding hydrogens is 188 g/mol. The molecule has 1 fully saturated rings. The van der Waals surface area contributed by atoms with Crippen LogP contribution in [0.5, 0.6) is 0 Å². The first-order valence-corrected chi connectivity index (χ1v) is 5.35. The van der Waals surface area contributed by atoms with E-state index in [1.807, 2.05) is 6.07 Å². The van der Waals surface area contributed by atoms with Gasteiger partial charge in [0, 0.05) is 13.0 Å². The number of carbonyl (C=O) groups excluding carboxylic acids is 1. The van der Waals surface area contributed by atoms with Crippen LogP contribution in [0.4, 0.5) is 0 Å². The summed E-state index contributed by atoms with van der Waals surface area (Å²) in [5.74, 6) is 0.197. The largest absolute Gasteiger partial charge is 0.274 e. The molecule has 0 bridgehead atoms. The lowest BCUT2D eigenvalue weighted by Crippen LogP contribution is -2.46. The highest BCUT2D eigenvalue weighted by Gasteiger charge is 2.17. The third kappa shape index (κ3) is 2.57. The molecule has 2 rings (SSSR count). The molecule has 0 aliphatic carbocycles. The Morgan fingerprint density at radius 1 is 1.47 bits per heavy atom. The van der Waals surface area contributed by atoms with Gasteiger partial charge in [-0.1, -0.05) is 29.8 Å². The van der Waals surface area contributed by atoms with E-state index in [9.17, 15) is 4.79 Å². The van der Waals surface area contributed by atoms with Crippen LogP contribution in [0, 0.1) is 6.92 Å². The predicted octanol–water partition coefficient (Wildman–Crippen LogP) is 1.62. The number of nitrogens with one attached hydrogen (secondary N) is 1. The van der Waals surface area contributed by atoms with Crippen LogP contribution < -0.4 is 5.43 Å². The number of amides is 1. The zero-order valence-electron chi connectivity index (χ0n) is 8.99. The van der Waals surface area contributed by atoms with Gasteiger partial charge >= 0.3 is 0 Å². The summed E-state index contributed by atoms with van der Waals surface area (Å²) in [5.41, 5.74) is 5.53. The van der Waals surface area contributed by atoms with E-state index in [4.69, 9.17) is 0 Å². The van der Waals surface area contributed by atoms with E-state index in [1.165, 1.54) is 11.1 Å². The van der Waals surface area contributed by atoms with Gasteiger partial charge in [-0.05, 0) is 18.9 Å². The molecular formula is C12H16N2O. The highest BCUT2D eigenvalue weighted by molar-refractivity contribution is 5.76. The van der Waals surface area contributed by atoms with Gasteiger partial charge in [0.1, 0.15) is 0 Å². The van der Waals surface area contributed by atoms with Crippen molar-refractivity contribution < 1.29 is 4.79 Å². The number of aryl methyl sites for hydroxylation is 1. The number of benzene rings is 1. The molecule has 3 heteroatoms. The zero-order valence-corrected chi connectivity index (χ0v) is 8.99. The number of hydrogen-bond donors (Lipinski definition) is 1. The van der Waals surface area contributed by atoms with Crippen LogP contribution in [0.15, 0.2) is 24.3 Å². The van der Waals surface area contributed by atoms with Crippen molar-refractivity contribution in [2.45, 2.75) is 26.3 Å². The van der Waals surface area contributed by atoms with Gasteiger partial charge in [0.05, 0.1) is 6.54 Å². The summed E-state index contributed by atoms with van der Waals surface area (Å²) in [6.07, 6.45) is 1.61. The second kappa shape index (κ2) is 4.45. The van der Waals surface area contributed by atoms with Crippen molar-refractivity contribution in [2.24, 2.45) is 0 Å². The molecule has 0 radical (unpaired) electrons. The number of nitrogens with zero attached hydrogens (tertiary/aromatic N) is 1. The molecule has 0 spiro atoms. The summed E-state index contributed by atoms with van der Waals surface area (Å²) in [4.78, 5) is 11.5. The number of hydrogen-bond acceptors (Lipinski definition) is 2. The summed E-state index contributed by atoms with van der Waals surface area (Å²) in [6.45, 7) is 3.63. The average Bonchev–Trinajstić information content (AvgIpc) is 2.22. The van der Waals surface area contributed by atoms with Crippen molar-refractivity contribution in [3.05, 3.63) is 35.4 Å². The molecule has 1 aromatic carbocycles. The van der Waals surface area contributed by atoms with E-state index < -0.39 is 0 Å². The van der Waals surface area contributed by atoms with E-state index in [2.05, 4.69) is 30.5 Å². The fourth-order valence-corrected chi connectivity index (χ4v) is 1.81. The van der Waals surface area contributed by atoms with Gasteiger partial charge in [-0.3, -0.25) is 9.80 Å². The third-order valence-corrected chi connectivity index (χ3v) is 2.59. The van der Waals surface area contributed by atoms with Crippen LogP contribution in [0.1, 0.15) is 24.0 Å². The van der Waals surface area contributed by atoms with Crippen LogP contribution in [-0.2, 0) is 11.3 Å². The molecule has 80 valence electrons. The molecule has 1 heterocycles. The Kier molecular flexibility index (Phi) is 3.02. The van der Waals surface area contributed by atoms with Gasteiger partial charge in [0.25, 0.3) is 0 Å². The number of rotatable bonds is 2. The molecule has 15 heavy (non-hydrogen) atoms. The summed E-state index contributed by atoms with van der Waals surface area (Å²) < 4.78 is 0. The van der Waals surface area contributed by atoms with E-state index in [0.717, 1.165) is 13.0 Å². The van der Waals surface area contributed by atoms with Crippen molar-refractivity contribution in [3.8, 4) is 0 Å². The maximum atomic E-state index is 11.5. The summed E-state index contributed by atoms with van der Waals surface area (Å²) in [7, 11) is 0. The van der Waals surface area contributed by atoms with E-state index >= 15 is 0 Å². The molecule has 1 amide bonds. The summed E-state index contributed by atoms with van der Waals surface area (Å²) in [6, 6.07) is 8.26. The minimum Gasteiger partial charge on any atom is -0.274 e. The Balaban J connectivity index is 2.04. The first-order chi connectivity index (χ1) is 7.25. The average molecular weight is 204 g/mol. The first kappa shape index (κ1) is 10.2. The monoisotopic (exact) mass is 204 g/mol. The van der Waals surface area contributed by atoms with Crippen molar-refractivity contribution >= 4 is 5.91 Å². The van der Waals surface area contributed by atoms with Gasteiger partial charge < -0.3 is 0 Å². The standard InChI is InChI=1S/C12H16N2O/c1-10-4-2-5-11(8-10)9-14-12(15)6-3-7-13-14/h2,4-5,8,13H,3,6-7,9H2,1H3. The quantitative estimate of drug-likeness (QED) is 0.794. The zero-order chi connectivity index (χ0) is 10.7. The van der Waals surface area contributed by atoms with Crippen molar-refractivity contribution in [1.82, 2.24) is 10.4 Å². The maximum Gasteiger partial charge on any atom is 0.237 e. The molecule has 0 unspecified atom stereocenters. The Hall–Kier alpha value is -1.35. The molecule has 0 saturated carbocycles. The van der Waals surface area contributed by atoms with E-state index in [1.54, 1.807) is 5.01 Å². The first-order valence-electron chi connectivity index (χ1n) is 5.35. The molecule has 3 nitrogen and oxygen atoms in total. The van der Waals surface area contributed by atoms with Gasteiger partial charge in [0.15, 0.2) is 0 Å². The molecule has 1 saturated heterocycles.